The molecule has 0 saturated carbocycles. The molecule has 1 amide bonds. The summed E-state index contributed by atoms with van der Waals surface area (Å²) in [5.41, 5.74) is 2.23. The summed E-state index contributed by atoms with van der Waals surface area (Å²) in [6, 6.07) is 18.1. The summed E-state index contributed by atoms with van der Waals surface area (Å²) in [5.74, 6) is -0.363. The molecule has 0 N–H and O–H groups in total. The molecule has 1 aliphatic heterocycles. The Morgan fingerprint density at radius 3 is 2.36 bits per heavy atom. The first-order chi connectivity index (χ1) is 12.2. The van der Waals surface area contributed by atoms with Crippen LogP contribution < -0.4 is 5.06 Å². The molecule has 2 heterocycles. The van der Waals surface area contributed by atoms with Gasteiger partial charge < -0.3 is 4.42 Å². The van der Waals surface area contributed by atoms with E-state index in [0.29, 0.717) is 22.4 Å². The molecule has 5 nitrogen and oxygen atoms in total. The van der Waals surface area contributed by atoms with Crippen LogP contribution in [0.3, 0.4) is 0 Å². The fraction of sp³-hybridized carbons (Fsp3) is 0.100. The van der Waals surface area contributed by atoms with Gasteiger partial charge in [0.2, 0.25) is 0 Å². The third-order valence-electron chi connectivity index (χ3n) is 4.14. The average molecular weight is 333 g/mol. The van der Waals surface area contributed by atoms with Gasteiger partial charge in [-0.05, 0) is 12.1 Å². The van der Waals surface area contributed by atoms with Crippen molar-refractivity contribution in [1.82, 2.24) is 0 Å². The van der Waals surface area contributed by atoms with E-state index in [-0.39, 0.29) is 18.1 Å². The maximum Gasteiger partial charge on any atom is 0.285 e. The highest BCUT2D eigenvalue weighted by molar-refractivity contribution is 6.06. The number of Topliss-reactive ketones (excluding diaryl/α,β-unsaturated/α-hetero) is 1. The number of carbonyl (C=O) groups excluding carboxylic acids is 2. The number of hydrogen-bond donors (Lipinski definition) is 0. The van der Waals surface area contributed by atoms with Crippen LogP contribution in [0.15, 0.2) is 77.6 Å². The number of anilines is 1. The number of nitrogens with zero attached hydrogens (tertiary/aromatic N) is 1. The lowest BCUT2D eigenvalue weighted by atomic mass is 9.98. The average Bonchev–Trinajstić information content (AvgIpc) is 3.16. The van der Waals surface area contributed by atoms with Crippen LogP contribution in [0.5, 0.6) is 0 Å². The summed E-state index contributed by atoms with van der Waals surface area (Å²) >= 11 is 0. The molecule has 0 saturated heterocycles. The van der Waals surface area contributed by atoms with Gasteiger partial charge in [-0.3, -0.25) is 14.4 Å². The Morgan fingerprint density at radius 1 is 0.960 bits per heavy atom. The Kier molecular flexibility index (Phi) is 3.91. The van der Waals surface area contributed by atoms with Gasteiger partial charge in [0.1, 0.15) is 12.4 Å². The number of benzene rings is 2. The lowest BCUT2D eigenvalue weighted by Gasteiger charge is -2.31. The fourth-order valence-electron chi connectivity index (χ4n) is 2.87. The van der Waals surface area contributed by atoms with E-state index in [1.54, 1.807) is 24.3 Å². The summed E-state index contributed by atoms with van der Waals surface area (Å²) in [6.07, 6.45) is 2.40. The van der Waals surface area contributed by atoms with Gasteiger partial charge in [-0.15, -0.1) is 0 Å². The Bertz CT molecular complexity index is 902. The first-order valence-electron chi connectivity index (χ1n) is 7.94. The van der Waals surface area contributed by atoms with Crippen molar-refractivity contribution in [2.45, 2.75) is 12.5 Å². The second-order valence-corrected chi connectivity index (χ2v) is 5.76. The summed E-state index contributed by atoms with van der Waals surface area (Å²) < 4.78 is 5.20. The van der Waals surface area contributed by atoms with E-state index < -0.39 is 6.10 Å². The molecule has 1 unspecified atom stereocenters. The van der Waals surface area contributed by atoms with Crippen LogP contribution >= 0.6 is 0 Å². The molecule has 0 fully saturated rings. The molecule has 25 heavy (non-hydrogen) atoms. The van der Waals surface area contributed by atoms with Crippen LogP contribution in [0.4, 0.5) is 5.69 Å². The minimum absolute atomic E-state index is 0.0555. The minimum atomic E-state index is -0.584. The van der Waals surface area contributed by atoms with Crippen molar-refractivity contribution in [3.05, 3.63) is 89.9 Å². The minimum Gasteiger partial charge on any atom is -0.471 e. The Balaban J connectivity index is 1.65. The van der Waals surface area contributed by atoms with Gasteiger partial charge in [0.25, 0.3) is 5.91 Å². The van der Waals surface area contributed by atoms with Gasteiger partial charge >= 0.3 is 0 Å². The van der Waals surface area contributed by atoms with Gasteiger partial charge in [0.05, 0.1) is 17.5 Å². The molecule has 0 spiro atoms. The van der Waals surface area contributed by atoms with Crippen LogP contribution in [0.25, 0.3) is 0 Å². The largest absolute Gasteiger partial charge is 0.471 e. The zero-order valence-corrected chi connectivity index (χ0v) is 13.3. The molecule has 0 aliphatic carbocycles. The monoisotopic (exact) mass is 333 g/mol. The first-order valence-corrected chi connectivity index (χ1v) is 7.94. The molecule has 3 aromatic rings. The SMILES string of the molecule is O=C(CC1ON(c2ccccc2)C(=O)c2cocc21)c1ccccc1. The molecule has 2 aromatic carbocycles. The molecule has 5 heteroatoms. The maximum atomic E-state index is 12.6. The number of carbonyl (C=O) groups is 2. The van der Waals surface area contributed by atoms with E-state index in [0.717, 1.165) is 0 Å². The lowest BCUT2D eigenvalue weighted by molar-refractivity contribution is 0.0149. The number of furan rings is 1. The highest BCUT2D eigenvalue weighted by Crippen LogP contribution is 2.35. The maximum absolute atomic E-state index is 12.6. The Labute approximate surface area is 144 Å². The number of hydrogen-bond acceptors (Lipinski definition) is 4. The molecular formula is C20H15NO4. The molecule has 0 bridgehead atoms. The summed E-state index contributed by atoms with van der Waals surface area (Å²) in [5, 5.41) is 1.22. The van der Waals surface area contributed by atoms with Crippen molar-refractivity contribution >= 4 is 17.4 Å². The van der Waals surface area contributed by atoms with E-state index in [1.807, 2.05) is 36.4 Å². The first kappa shape index (κ1) is 15.4. The van der Waals surface area contributed by atoms with Crippen molar-refractivity contribution in [2.24, 2.45) is 0 Å². The normalized spacial score (nSPS) is 16.6. The van der Waals surface area contributed by atoms with Crippen molar-refractivity contribution in [1.29, 1.82) is 0 Å². The van der Waals surface area contributed by atoms with Crippen LogP contribution in [0.1, 0.15) is 38.8 Å². The van der Waals surface area contributed by atoms with Gasteiger partial charge in [0.15, 0.2) is 5.78 Å². The summed E-state index contributed by atoms with van der Waals surface area (Å²) in [6.45, 7) is 0. The van der Waals surface area contributed by atoms with Crippen molar-refractivity contribution < 1.29 is 18.8 Å². The standard InChI is InChI=1S/C20H15NO4/c22-18(14-7-3-1-4-8-14)11-19-16-12-24-13-17(16)20(23)21(25-19)15-9-5-2-6-10-15/h1-10,12-13,19H,11H2. The number of ketones is 1. The van der Waals surface area contributed by atoms with Gasteiger partial charge in [0, 0.05) is 17.5 Å². The topological polar surface area (TPSA) is 59.8 Å². The molecular weight excluding hydrogens is 318 g/mol. The molecule has 4 rings (SSSR count). The van der Waals surface area contributed by atoms with Crippen LogP contribution in [0.2, 0.25) is 0 Å². The predicted octanol–water partition coefficient (Wildman–Crippen LogP) is 4.19. The number of amides is 1. The highest BCUT2D eigenvalue weighted by atomic mass is 16.7. The number of fused-ring (bicyclic) bond motifs is 1. The van der Waals surface area contributed by atoms with Crippen LogP contribution in [0, 0.1) is 0 Å². The number of para-hydroxylation sites is 1. The number of rotatable bonds is 4. The quantitative estimate of drug-likeness (QED) is 0.672. The summed E-state index contributed by atoms with van der Waals surface area (Å²) in [4.78, 5) is 31.1. The molecule has 0 radical (unpaired) electrons. The van der Waals surface area contributed by atoms with Crippen molar-refractivity contribution in [3.8, 4) is 0 Å². The lowest BCUT2D eigenvalue weighted by Crippen LogP contribution is -2.38. The third-order valence-corrected chi connectivity index (χ3v) is 4.14. The van der Waals surface area contributed by atoms with Gasteiger partial charge in [-0.2, -0.15) is 5.06 Å². The van der Waals surface area contributed by atoms with Crippen LogP contribution in [-0.4, -0.2) is 11.7 Å². The zero-order valence-electron chi connectivity index (χ0n) is 13.3. The van der Waals surface area contributed by atoms with Gasteiger partial charge in [-0.1, -0.05) is 48.5 Å². The smallest absolute Gasteiger partial charge is 0.285 e. The van der Waals surface area contributed by atoms with E-state index in [9.17, 15) is 9.59 Å². The Hall–Kier alpha value is -3.18. The van der Waals surface area contributed by atoms with E-state index in [2.05, 4.69) is 0 Å². The third kappa shape index (κ3) is 2.86. The molecule has 124 valence electrons. The van der Waals surface area contributed by atoms with Gasteiger partial charge in [-0.25, -0.2) is 0 Å². The van der Waals surface area contributed by atoms with E-state index >= 15 is 0 Å². The highest BCUT2D eigenvalue weighted by Gasteiger charge is 2.36. The van der Waals surface area contributed by atoms with Crippen molar-refractivity contribution in [3.63, 3.8) is 0 Å². The zero-order chi connectivity index (χ0) is 17.2. The van der Waals surface area contributed by atoms with E-state index in [1.165, 1.54) is 17.6 Å². The van der Waals surface area contributed by atoms with E-state index in [4.69, 9.17) is 9.25 Å². The van der Waals surface area contributed by atoms with Crippen LogP contribution in [-0.2, 0) is 4.84 Å². The summed E-state index contributed by atoms with van der Waals surface area (Å²) in [7, 11) is 0. The second-order valence-electron chi connectivity index (χ2n) is 5.76. The van der Waals surface area contributed by atoms with Crippen molar-refractivity contribution in [2.75, 3.05) is 5.06 Å². The predicted molar refractivity (Wildman–Crippen MR) is 91.2 cm³/mol. The molecule has 1 aliphatic rings. The molecule has 1 atom stereocenters. The molecule has 1 aromatic heterocycles. The second kappa shape index (κ2) is 6.37. The Morgan fingerprint density at radius 2 is 1.64 bits per heavy atom. The fourth-order valence-corrected chi connectivity index (χ4v) is 2.87. The number of hydroxylamine groups is 1.